The van der Waals surface area contributed by atoms with Crippen LogP contribution in [0.1, 0.15) is 111 Å². The molecule has 31 heteroatoms. The van der Waals surface area contributed by atoms with E-state index in [1.807, 2.05) is 0 Å². The summed E-state index contributed by atoms with van der Waals surface area (Å²) in [5.74, 6) is -12.6. The van der Waals surface area contributed by atoms with Crippen molar-refractivity contribution in [3.63, 3.8) is 0 Å². The number of imidazole rings is 1. The van der Waals surface area contributed by atoms with Crippen molar-refractivity contribution in [3.8, 4) is 11.5 Å². The first-order chi connectivity index (χ1) is 48.5. The van der Waals surface area contributed by atoms with Gasteiger partial charge >= 0.3 is 0 Å². The van der Waals surface area contributed by atoms with Crippen LogP contribution < -0.4 is 75.3 Å². The van der Waals surface area contributed by atoms with Gasteiger partial charge in [0.25, 0.3) is 17.7 Å². The van der Waals surface area contributed by atoms with Gasteiger partial charge in [-0.05, 0) is 117 Å². The number of nitrogens with one attached hydrogen (secondary N) is 13. The van der Waals surface area contributed by atoms with Gasteiger partial charge in [0.2, 0.25) is 59.1 Å². The highest BCUT2D eigenvalue weighted by molar-refractivity contribution is 6.06. The number of aromatic amines is 1. The topological polar surface area (TPSA) is 487 Å². The van der Waals surface area contributed by atoms with Crippen molar-refractivity contribution in [3.05, 3.63) is 185 Å². The molecule has 6 aromatic rings. The lowest BCUT2D eigenvalue weighted by Crippen LogP contribution is -2.60. The number of rotatable bonds is 14. The number of hydrogen-bond acceptors (Lipinski definition) is 17. The average Bonchev–Trinajstić information content (AvgIpc) is 1.18. The molecular formula is C70H82N16O15. The third-order valence-electron chi connectivity index (χ3n) is 16.7. The number of nitrogens with zero attached hydrogens (tertiary/aromatic N) is 1. The second-order valence-corrected chi connectivity index (χ2v) is 24.4. The number of H-pyrrole nitrogens is 1. The van der Waals surface area contributed by atoms with Crippen molar-refractivity contribution >= 4 is 76.8 Å². The van der Waals surface area contributed by atoms with E-state index < -0.39 is 144 Å². The Bertz CT molecular complexity index is 3940. The van der Waals surface area contributed by atoms with Crippen molar-refractivity contribution in [2.45, 2.75) is 126 Å². The molecule has 9 atom stereocenters. The number of nitrogens with two attached hydrogens (primary N) is 2. The minimum absolute atomic E-state index is 0.0328. The summed E-state index contributed by atoms with van der Waals surface area (Å²) >= 11 is 0. The molecule has 4 bridgehead atoms. The number of unbranched alkanes of at least 4 members (excludes halogenated alkanes) is 1. The minimum atomic E-state index is -1.70. The number of fused-ring (bicyclic) bond motifs is 8. The predicted octanol–water partition coefficient (Wildman–Crippen LogP) is -1.45. The van der Waals surface area contributed by atoms with Gasteiger partial charge in [0.05, 0.1) is 18.6 Å². The highest BCUT2D eigenvalue weighted by Gasteiger charge is 2.36. The Morgan fingerprint density at radius 2 is 1.01 bits per heavy atom. The Morgan fingerprint density at radius 1 is 0.495 bits per heavy atom. The number of aromatic nitrogens is 2. The van der Waals surface area contributed by atoms with Crippen LogP contribution >= 0.6 is 0 Å². The molecule has 2 aliphatic rings. The molecular weight excluding hydrogens is 1300 g/mol. The summed E-state index contributed by atoms with van der Waals surface area (Å²) in [6.07, 6.45) is 2.39. The van der Waals surface area contributed by atoms with Crippen molar-refractivity contribution in [1.29, 1.82) is 0 Å². The van der Waals surface area contributed by atoms with E-state index in [9.17, 15) is 72.5 Å². The Morgan fingerprint density at radius 3 is 1.59 bits per heavy atom. The average molecular weight is 1390 g/mol. The molecule has 101 heavy (non-hydrogen) atoms. The molecule has 0 aliphatic carbocycles. The molecule has 8 rings (SSSR count). The highest BCUT2D eigenvalue weighted by Crippen LogP contribution is 2.20. The number of aromatic hydroxyl groups is 2. The van der Waals surface area contributed by atoms with Crippen LogP contribution in [0.25, 0.3) is 0 Å². The van der Waals surface area contributed by atoms with E-state index in [1.54, 1.807) is 48.5 Å². The van der Waals surface area contributed by atoms with Crippen molar-refractivity contribution < 1.29 is 72.5 Å². The number of amides is 13. The maximum absolute atomic E-state index is 15.0. The molecule has 2 aliphatic heterocycles. The van der Waals surface area contributed by atoms with Crippen LogP contribution in [0.5, 0.6) is 11.5 Å². The third-order valence-corrected chi connectivity index (χ3v) is 16.7. The van der Waals surface area contributed by atoms with E-state index in [0.29, 0.717) is 23.1 Å². The van der Waals surface area contributed by atoms with Crippen LogP contribution in [0.3, 0.4) is 0 Å². The van der Waals surface area contributed by atoms with Gasteiger partial charge in [-0.3, -0.25) is 62.3 Å². The van der Waals surface area contributed by atoms with Gasteiger partial charge in [0, 0.05) is 61.7 Å². The molecule has 532 valence electrons. The van der Waals surface area contributed by atoms with Crippen LogP contribution in [-0.2, 0) is 73.6 Å². The molecule has 0 saturated carbocycles. The monoisotopic (exact) mass is 1390 g/mol. The molecule has 0 spiro atoms. The van der Waals surface area contributed by atoms with Gasteiger partial charge in [-0.2, -0.15) is 0 Å². The van der Waals surface area contributed by atoms with Gasteiger partial charge in [0.15, 0.2) is 0 Å². The molecule has 5 aromatic carbocycles. The zero-order valence-corrected chi connectivity index (χ0v) is 55.2. The predicted molar refractivity (Wildman–Crippen MR) is 364 cm³/mol. The van der Waals surface area contributed by atoms with Gasteiger partial charge in [-0.1, -0.05) is 84.9 Å². The first kappa shape index (κ1) is 74.8. The van der Waals surface area contributed by atoms with Crippen LogP contribution in [-0.4, -0.2) is 171 Å². The molecule has 31 nitrogen and oxygen atoms in total. The van der Waals surface area contributed by atoms with Crippen LogP contribution in [0.2, 0.25) is 0 Å². The van der Waals surface area contributed by atoms with E-state index in [2.05, 4.69) is 73.8 Å². The second-order valence-electron chi connectivity index (χ2n) is 24.4. The fourth-order valence-corrected chi connectivity index (χ4v) is 11.1. The molecule has 0 fully saturated rings. The highest BCUT2D eigenvalue weighted by atomic mass is 16.3. The maximum Gasteiger partial charge on any atom is 0.252 e. The van der Waals surface area contributed by atoms with Gasteiger partial charge in [0.1, 0.15) is 65.9 Å². The number of hydrogen-bond donors (Lipinski definition) is 17. The summed E-state index contributed by atoms with van der Waals surface area (Å²) in [6, 6.07) is 17.2. The number of carbonyl (C=O) groups is 13. The van der Waals surface area contributed by atoms with Crippen molar-refractivity contribution in [2.75, 3.05) is 26.2 Å². The zero-order chi connectivity index (χ0) is 72.5. The SMILES string of the molecule is C[C@H]1NC(=O)[C@H](Cc2ccc(O)cc2)NC(=O)C(c2ccccc2)NC(=O)c2cc3cc(c2)C(=O)NCC(C(N)=O)NC(=O)C(Cc2c[nH]cn2)NC(=O)[C@@H](CCCCN)NC(=O)CNC(=O)[C@@H](Cc2ccccc2)NC(=O)[C@H](Cc2ccc(O)cc2)NC(=O)[C@H](CCCCNC3=O)NC1=O. The Kier molecular flexibility index (Phi) is 27.0. The fraction of sp³-hybridized carbons (Fsp3) is 0.343. The summed E-state index contributed by atoms with van der Waals surface area (Å²) in [6.45, 7) is -0.0835. The zero-order valence-electron chi connectivity index (χ0n) is 55.2. The molecule has 19 N–H and O–H groups in total. The van der Waals surface area contributed by atoms with Crippen LogP contribution in [0.15, 0.2) is 140 Å². The van der Waals surface area contributed by atoms with Gasteiger partial charge in [-0.25, -0.2) is 4.98 Å². The number of benzene rings is 5. The molecule has 0 saturated heterocycles. The summed E-state index contributed by atoms with van der Waals surface area (Å²) in [5.41, 5.74) is 12.5. The van der Waals surface area contributed by atoms with Crippen LogP contribution in [0, 0.1) is 0 Å². The lowest BCUT2D eigenvalue weighted by molar-refractivity contribution is -0.135. The largest absolute Gasteiger partial charge is 0.508 e. The van der Waals surface area contributed by atoms with E-state index in [-0.39, 0.29) is 110 Å². The normalized spacial score (nSPS) is 22.5. The van der Waals surface area contributed by atoms with E-state index in [4.69, 9.17) is 11.5 Å². The number of carbonyl (C=O) groups excluding carboxylic acids is 13. The van der Waals surface area contributed by atoms with Crippen molar-refractivity contribution in [2.24, 2.45) is 11.5 Å². The lowest BCUT2D eigenvalue weighted by Gasteiger charge is -2.27. The number of phenols is 2. The minimum Gasteiger partial charge on any atom is -0.508 e. The first-order valence-electron chi connectivity index (χ1n) is 32.8. The number of phenolic OH excluding ortho intramolecular Hbond substituents is 2. The molecule has 0 radical (unpaired) electrons. The molecule has 3 unspecified atom stereocenters. The maximum atomic E-state index is 15.0. The van der Waals surface area contributed by atoms with Gasteiger partial charge in [-0.15, -0.1) is 0 Å². The smallest absolute Gasteiger partial charge is 0.252 e. The Labute approximate surface area is 580 Å². The Hall–Kier alpha value is -12.0. The second kappa shape index (κ2) is 36.5. The fourth-order valence-electron chi connectivity index (χ4n) is 11.1. The summed E-state index contributed by atoms with van der Waals surface area (Å²) in [5, 5.41) is 51.9. The van der Waals surface area contributed by atoms with Crippen molar-refractivity contribution in [1.82, 2.24) is 73.8 Å². The summed E-state index contributed by atoms with van der Waals surface area (Å²) < 4.78 is 0. The quantitative estimate of drug-likeness (QED) is 0.0555. The van der Waals surface area contributed by atoms with E-state index in [1.165, 1.54) is 80.1 Å². The lowest BCUT2D eigenvalue weighted by atomic mass is 10.0. The van der Waals surface area contributed by atoms with Gasteiger partial charge < -0.3 is 90.5 Å². The molecule has 3 heterocycles. The first-order valence-corrected chi connectivity index (χ1v) is 32.8. The summed E-state index contributed by atoms with van der Waals surface area (Å²) in [7, 11) is 0. The third kappa shape index (κ3) is 22.5. The Balaban J connectivity index is 1.22. The number of primary amides is 1. The van der Waals surface area contributed by atoms with E-state index in [0.717, 1.165) is 18.2 Å². The van der Waals surface area contributed by atoms with Crippen LogP contribution in [0.4, 0.5) is 0 Å². The molecule has 13 amide bonds. The molecule has 1 aromatic heterocycles. The standard InChI is InChI=1S/C70H82N16O15/c1-39-60(91)80-51-17-9-11-27-74-61(92)44-31-45(33-46(32-44)63(94)86-58(43-14-6-3-7-15-43)70(101)84-53(67(98)78-39)29-41-18-22-48(87)23-19-41)62(93)75-36-56(59(72)90)85-69(100)55(34-47-35-73-38-77-47)83-65(96)50(16-8-10-26-71)79-57(89)37-76-64(95)52(28-40-12-4-2-5-13-40)81-68(99)54(82-66(51)97)30-42-20-24-49(88)25-21-42/h2-7,12-15,18-25,31-33,35,38-39,50-56,58,87-88H,8-11,16-17,26-30,34,36-37,71H2,1H3,(H2,72,90)(H,73,77)(H,74,92)(H,75,93)(H,76,95)(H,78,98)(H,79,89)(H,80,91)(H,81,99)(H,82,97)(H,83,96)(H,84,101)(H,85,100)(H,86,94)/t39-,50-,51+,52-,53+,54+,55?,56?,58?/m1/s1. The van der Waals surface area contributed by atoms with E-state index >= 15 is 0 Å². The summed E-state index contributed by atoms with van der Waals surface area (Å²) in [4.78, 5) is 195.